The number of esters is 1. The Kier molecular flexibility index (Phi) is 6.26. The number of benzene rings is 2. The molecule has 7 nitrogen and oxygen atoms in total. The topological polar surface area (TPSA) is 98.7 Å². The summed E-state index contributed by atoms with van der Waals surface area (Å²) < 4.78 is 6.51. The van der Waals surface area contributed by atoms with E-state index >= 15 is 0 Å². The molecule has 0 spiro atoms. The lowest BCUT2D eigenvalue weighted by Gasteiger charge is -2.10. The third kappa shape index (κ3) is 4.28. The number of aromatic nitrogens is 1. The summed E-state index contributed by atoms with van der Waals surface area (Å²) in [7, 11) is 0. The van der Waals surface area contributed by atoms with Crippen LogP contribution in [0.25, 0.3) is 10.9 Å². The quantitative estimate of drug-likeness (QED) is 0.280. The molecule has 0 unspecified atom stereocenters. The number of nitrogens with one attached hydrogen (secondary N) is 1. The molecule has 2 aromatic carbocycles. The minimum atomic E-state index is -0.657. The summed E-state index contributed by atoms with van der Waals surface area (Å²) in [6.45, 7) is 1.83. The summed E-state index contributed by atoms with van der Waals surface area (Å²) in [5, 5.41) is 4.98. The molecule has 148 valence electrons. The Hall–Kier alpha value is -3.23. The number of carbonyl (C=O) groups is 2. The lowest BCUT2D eigenvalue weighted by atomic mass is 10.1. The van der Waals surface area contributed by atoms with Gasteiger partial charge in [-0.2, -0.15) is 5.10 Å². The summed E-state index contributed by atoms with van der Waals surface area (Å²) in [5.74, 6) is -1.08. The van der Waals surface area contributed by atoms with Crippen LogP contribution in [0, 0.1) is 0 Å². The van der Waals surface area contributed by atoms with Gasteiger partial charge in [0.25, 0.3) is 5.91 Å². The normalized spacial score (nSPS) is 11.0. The largest absolute Gasteiger partial charge is 0.461 e. The molecule has 0 atom stereocenters. The Bertz CT molecular complexity index is 1140. The van der Waals surface area contributed by atoms with E-state index in [1.165, 1.54) is 16.8 Å². The second-order valence-corrected chi connectivity index (χ2v) is 6.76. The number of halogens is 1. The van der Waals surface area contributed by atoms with Crippen molar-refractivity contribution in [1.82, 2.24) is 9.99 Å². The van der Waals surface area contributed by atoms with Gasteiger partial charge in [0, 0.05) is 21.5 Å². The van der Waals surface area contributed by atoms with Crippen molar-refractivity contribution in [3.63, 3.8) is 0 Å². The second-order valence-electron chi connectivity index (χ2n) is 5.89. The van der Waals surface area contributed by atoms with E-state index in [0.717, 1.165) is 0 Å². The molecular formula is C20H17ClN4O3S. The van der Waals surface area contributed by atoms with Gasteiger partial charge in [-0.3, -0.25) is 14.8 Å². The summed E-state index contributed by atoms with van der Waals surface area (Å²) in [4.78, 5) is 26.1. The highest BCUT2D eigenvalue weighted by Gasteiger charge is 2.27. The van der Waals surface area contributed by atoms with Crippen molar-refractivity contribution in [3.8, 4) is 0 Å². The lowest BCUT2D eigenvalue weighted by Crippen LogP contribution is -2.24. The SMILES string of the molecule is CCOC(=O)c1c(/C=N/NC(N)=S)c2ccccc2n1C(=O)c1cccc(Cl)c1. The first-order chi connectivity index (χ1) is 13.9. The zero-order chi connectivity index (χ0) is 21.0. The number of hydrazone groups is 1. The predicted octanol–water partition coefficient (Wildman–Crippen LogP) is 3.33. The minimum Gasteiger partial charge on any atom is -0.461 e. The van der Waals surface area contributed by atoms with Crippen molar-refractivity contribution in [2.45, 2.75) is 6.92 Å². The minimum absolute atomic E-state index is 0.0299. The number of rotatable bonds is 5. The molecule has 0 saturated carbocycles. The van der Waals surface area contributed by atoms with Gasteiger partial charge >= 0.3 is 5.97 Å². The molecule has 0 saturated heterocycles. The fourth-order valence-electron chi connectivity index (χ4n) is 2.92. The molecule has 0 radical (unpaired) electrons. The van der Waals surface area contributed by atoms with Crippen LogP contribution in [0.1, 0.15) is 33.3 Å². The van der Waals surface area contributed by atoms with Crippen molar-refractivity contribution < 1.29 is 14.3 Å². The molecule has 3 rings (SSSR count). The lowest BCUT2D eigenvalue weighted by molar-refractivity contribution is 0.0510. The number of carbonyl (C=O) groups excluding carboxylic acids is 2. The predicted molar refractivity (Wildman–Crippen MR) is 117 cm³/mol. The number of para-hydroxylation sites is 1. The first kappa shape index (κ1) is 20.5. The first-order valence-electron chi connectivity index (χ1n) is 8.63. The highest BCUT2D eigenvalue weighted by molar-refractivity contribution is 7.80. The molecule has 9 heteroatoms. The van der Waals surface area contributed by atoms with Crippen molar-refractivity contribution >= 4 is 57.9 Å². The number of thiocarbonyl (C=S) groups is 1. The van der Waals surface area contributed by atoms with Gasteiger partial charge < -0.3 is 10.5 Å². The summed E-state index contributed by atoms with van der Waals surface area (Å²) in [6, 6.07) is 13.6. The van der Waals surface area contributed by atoms with E-state index in [2.05, 4.69) is 10.5 Å². The van der Waals surface area contributed by atoms with Gasteiger partial charge in [0.1, 0.15) is 5.69 Å². The van der Waals surface area contributed by atoms with Crippen LogP contribution in [-0.4, -0.2) is 34.4 Å². The van der Waals surface area contributed by atoms with E-state index in [4.69, 9.17) is 34.3 Å². The standard InChI is InChI=1S/C20H17ClN4O3S/c1-2-28-19(27)17-15(11-23-24-20(22)29)14-8-3-4-9-16(14)25(17)18(26)12-6-5-7-13(21)10-12/h3-11H,2H2,1H3,(H3,22,24,29)/b23-11+. The van der Waals surface area contributed by atoms with Crippen LogP contribution in [0.2, 0.25) is 5.02 Å². The van der Waals surface area contributed by atoms with E-state index in [9.17, 15) is 9.59 Å². The van der Waals surface area contributed by atoms with Gasteiger partial charge in [0.15, 0.2) is 5.11 Å². The molecule has 29 heavy (non-hydrogen) atoms. The molecule has 3 N–H and O–H groups in total. The molecule has 0 aliphatic carbocycles. The highest BCUT2D eigenvalue weighted by atomic mass is 35.5. The van der Waals surface area contributed by atoms with Crippen molar-refractivity contribution in [2.24, 2.45) is 10.8 Å². The third-order valence-electron chi connectivity index (χ3n) is 4.03. The maximum Gasteiger partial charge on any atom is 0.356 e. The monoisotopic (exact) mass is 428 g/mol. The highest BCUT2D eigenvalue weighted by Crippen LogP contribution is 2.27. The van der Waals surface area contributed by atoms with E-state index < -0.39 is 11.9 Å². The van der Waals surface area contributed by atoms with Gasteiger partial charge in [0.05, 0.1) is 18.3 Å². The molecule has 1 aromatic heterocycles. The van der Waals surface area contributed by atoms with Gasteiger partial charge in [-0.25, -0.2) is 4.79 Å². The number of ether oxygens (including phenoxy) is 1. The maximum absolute atomic E-state index is 13.3. The fraction of sp³-hybridized carbons (Fsp3) is 0.100. The zero-order valence-electron chi connectivity index (χ0n) is 15.4. The van der Waals surface area contributed by atoms with Gasteiger partial charge in [0.2, 0.25) is 0 Å². The van der Waals surface area contributed by atoms with Crippen LogP contribution in [0.4, 0.5) is 0 Å². The zero-order valence-corrected chi connectivity index (χ0v) is 17.0. The molecule has 0 aliphatic heterocycles. The Morgan fingerprint density at radius 2 is 2.03 bits per heavy atom. The summed E-state index contributed by atoms with van der Waals surface area (Å²) in [6.07, 6.45) is 1.38. The van der Waals surface area contributed by atoms with Gasteiger partial charge in [-0.1, -0.05) is 35.9 Å². The van der Waals surface area contributed by atoms with Crippen molar-refractivity contribution in [3.05, 3.63) is 70.4 Å². The van der Waals surface area contributed by atoms with Crippen molar-refractivity contribution in [1.29, 1.82) is 0 Å². The fourth-order valence-corrected chi connectivity index (χ4v) is 3.16. The Labute approximate surface area is 177 Å². The van der Waals surface area contributed by atoms with E-state index in [0.29, 0.717) is 27.1 Å². The van der Waals surface area contributed by atoms with Crippen LogP contribution in [0.3, 0.4) is 0 Å². The molecule has 0 fully saturated rings. The average molecular weight is 429 g/mol. The number of nitrogens with zero attached hydrogens (tertiary/aromatic N) is 2. The van der Waals surface area contributed by atoms with Crippen LogP contribution in [0.5, 0.6) is 0 Å². The Morgan fingerprint density at radius 1 is 1.28 bits per heavy atom. The molecule has 1 heterocycles. The number of fused-ring (bicyclic) bond motifs is 1. The number of hydrogen-bond acceptors (Lipinski definition) is 5. The molecule has 3 aromatic rings. The smallest absolute Gasteiger partial charge is 0.356 e. The van der Waals surface area contributed by atoms with Crippen molar-refractivity contribution in [2.75, 3.05) is 6.61 Å². The van der Waals surface area contributed by atoms with Crippen LogP contribution in [-0.2, 0) is 4.74 Å². The average Bonchev–Trinajstić information content (AvgIpc) is 3.02. The molecular weight excluding hydrogens is 412 g/mol. The van der Waals surface area contributed by atoms with E-state index in [1.807, 2.05) is 0 Å². The summed E-state index contributed by atoms with van der Waals surface area (Å²) >= 11 is 10.8. The van der Waals surface area contributed by atoms with Crippen LogP contribution in [0.15, 0.2) is 53.6 Å². The van der Waals surface area contributed by atoms with E-state index in [-0.39, 0.29) is 17.4 Å². The molecule has 0 bridgehead atoms. The van der Waals surface area contributed by atoms with Gasteiger partial charge in [-0.05, 0) is 43.4 Å². The number of nitrogens with two attached hydrogens (primary N) is 1. The Balaban J connectivity index is 2.28. The van der Waals surface area contributed by atoms with E-state index in [1.54, 1.807) is 49.4 Å². The first-order valence-corrected chi connectivity index (χ1v) is 9.42. The maximum atomic E-state index is 13.3. The third-order valence-corrected chi connectivity index (χ3v) is 4.35. The molecule has 0 aliphatic rings. The Morgan fingerprint density at radius 3 is 2.72 bits per heavy atom. The molecule has 0 amide bonds. The number of hydrogen-bond donors (Lipinski definition) is 2. The van der Waals surface area contributed by atoms with Gasteiger partial charge in [-0.15, -0.1) is 0 Å². The van der Waals surface area contributed by atoms with Crippen LogP contribution >= 0.6 is 23.8 Å². The second kappa shape index (κ2) is 8.85. The summed E-state index contributed by atoms with van der Waals surface area (Å²) in [5.41, 5.74) is 9.15. The van der Waals surface area contributed by atoms with Crippen LogP contribution < -0.4 is 11.2 Å².